The smallest absolute Gasteiger partial charge is 0.475 e. The summed E-state index contributed by atoms with van der Waals surface area (Å²) in [6.45, 7) is 3.88. The number of nitrogens with zero attached hydrogens (tertiary/aromatic N) is 2. The van der Waals surface area contributed by atoms with Crippen LogP contribution in [0.4, 0.5) is 26.3 Å². The first-order valence-corrected chi connectivity index (χ1v) is 13.7. The second-order valence-corrected chi connectivity index (χ2v) is 10.3. The van der Waals surface area contributed by atoms with E-state index < -0.39 is 41.8 Å². The molecule has 1 aromatic carbocycles. The van der Waals surface area contributed by atoms with Gasteiger partial charge < -0.3 is 15.3 Å². The highest BCUT2D eigenvalue weighted by Crippen LogP contribution is 2.19. The van der Waals surface area contributed by atoms with Crippen molar-refractivity contribution in [1.29, 1.82) is 0 Å². The molecule has 1 aliphatic heterocycles. The molecule has 1 atom stereocenters. The first kappa shape index (κ1) is 36.3. The molecule has 1 aromatic rings. The number of likely N-dealkylation sites (N-methyl/N-ethyl adjacent to an activating group) is 1. The number of carboxylic acid groups (broad SMARTS) is 1. The molecule has 0 unspecified atom stereocenters. The first-order valence-electron chi connectivity index (χ1n) is 12.6. The molecule has 1 saturated heterocycles. The number of alkyl halides is 6. The van der Waals surface area contributed by atoms with Gasteiger partial charge in [0, 0.05) is 26.2 Å². The van der Waals surface area contributed by atoms with Gasteiger partial charge in [-0.25, -0.2) is 4.79 Å². The number of piperazine rings is 1. The van der Waals surface area contributed by atoms with E-state index in [1.807, 2.05) is 42.3 Å². The molecule has 1 heterocycles. The number of carbonyl (C=O) groups excluding carboxylic acids is 3. The molecule has 0 radical (unpaired) electrons. The molecule has 232 valence electrons. The lowest BCUT2D eigenvalue weighted by Crippen LogP contribution is -2.52. The number of amides is 2. The molecule has 3 N–H and O–H groups in total. The molecule has 41 heavy (non-hydrogen) atoms. The molecule has 1 fully saturated rings. The maximum absolute atomic E-state index is 12.8. The van der Waals surface area contributed by atoms with E-state index in [9.17, 15) is 40.7 Å². The van der Waals surface area contributed by atoms with Crippen molar-refractivity contribution in [3.8, 4) is 0 Å². The standard InChI is InChI=1S/C23H33F3N4O3S.C2HF3O2/c1-29-11-13-30(14-12-29)16-21(32)28-22(33)19(27-10-9-18-6-3-2-4-7-18)8-5-15-34-17-20(31)23(24,25)26;3-2(4,5)1(6)7/h2-4,6-7,19,27H,5,8-17H2,1H3,(H,28,32,33);(H,6,7)/t19-;/m0./s1. The Balaban J connectivity index is 0.00000106. The third-order valence-electron chi connectivity index (χ3n) is 5.76. The SMILES string of the molecule is CN1CCN(CC(=O)NC(=O)[C@H](CCCSCC(=O)C(F)(F)F)NCCc2ccccc2)CC1.O=C(O)C(F)(F)F. The van der Waals surface area contributed by atoms with Crippen LogP contribution in [0.5, 0.6) is 0 Å². The number of halogens is 6. The number of hydrogen-bond acceptors (Lipinski definition) is 8. The number of aliphatic carboxylic acids is 1. The van der Waals surface area contributed by atoms with Crippen LogP contribution in [0.2, 0.25) is 0 Å². The van der Waals surface area contributed by atoms with Gasteiger partial charge in [0.15, 0.2) is 0 Å². The molecular weight excluding hydrogens is 582 g/mol. The number of benzene rings is 1. The zero-order valence-electron chi connectivity index (χ0n) is 22.4. The van der Waals surface area contributed by atoms with Crippen molar-refractivity contribution in [2.45, 2.75) is 37.7 Å². The number of imide groups is 1. The number of carbonyl (C=O) groups is 4. The van der Waals surface area contributed by atoms with Gasteiger partial charge in [-0.05, 0) is 44.2 Å². The maximum atomic E-state index is 12.8. The molecule has 0 spiro atoms. The summed E-state index contributed by atoms with van der Waals surface area (Å²) in [5, 5.41) is 12.8. The molecular formula is C25H34F6N4O5S. The Kier molecular flexibility index (Phi) is 15.9. The summed E-state index contributed by atoms with van der Waals surface area (Å²) in [5.41, 5.74) is 1.10. The highest BCUT2D eigenvalue weighted by molar-refractivity contribution is 7.99. The number of Topliss-reactive ketones (excluding diaryl/α,β-unsaturated/α-hetero) is 1. The third-order valence-corrected chi connectivity index (χ3v) is 6.81. The van der Waals surface area contributed by atoms with Gasteiger partial charge in [0.2, 0.25) is 17.6 Å². The number of ketones is 1. The van der Waals surface area contributed by atoms with Crippen LogP contribution in [0.3, 0.4) is 0 Å². The number of rotatable bonds is 13. The maximum Gasteiger partial charge on any atom is 0.490 e. The predicted octanol–water partition coefficient (Wildman–Crippen LogP) is 2.36. The normalized spacial score (nSPS) is 15.4. The van der Waals surface area contributed by atoms with Crippen molar-refractivity contribution in [3.05, 3.63) is 35.9 Å². The highest BCUT2D eigenvalue weighted by atomic mass is 32.2. The van der Waals surface area contributed by atoms with Crippen molar-refractivity contribution in [1.82, 2.24) is 20.4 Å². The Morgan fingerprint density at radius 2 is 1.56 bits per heavy atom. The summed E-state index contributed by atoms with van der Waals surface area (Å²) >= 11 is 0.893. The summed E-state index contributed by atoms with van der Waals surface area (Å²) in [6.07, 6.45) is -8.44. The average molecular weight is 617 g/mol. The Labute approximate surface area is 238 Å². The van der Waals surface area contributed by atoms with Gasteiger partial charge in [0.1, 0.15) is 0 Å². The summed E-state index contributed by atoms with van der Waals surface area (Å²) in [4.78, 5) is 49.2. The van der Waals surface area contributed by atoms with Crippen LogP contribution in [0, 0.1) is 0 Å². The third kappa shape index (κ3) is 16.4. The molecule has 2 amide bonds. The Morgan fingerprint density at radius 1 is 0.976 bits per heavy atom. The quantitative estimate of drug-likeness (QED) is 0.227. The van der Waals surface area contributed by atoms with E-state index in [-0.39, 0.29) is 12.5 Å². The van der Waals surface area contributed by atoms with Crippen LogP contribution in [0.15, 0.2) is 30.3 Å². The van der Waals surface area contributed by atoms with Gasteiger partial charge in [0.25, 0.3) is 0 Å². The molecule has 0 aromatic heterocycles. The molecule has 2 rings (SSSR count). The fourth-order valence-electron chi connectivity index (χ4n) is 3.47. The minimum Gasteiger partial charge on any atom is -0.475 e. The fourth-order valence-corrected chi connectivity index (χ4v) is 4.33. The summed E-state index contributed by atoms with van der Waals surface area (Å²) in [7, 11) is 2.02. The molecule has 0 saturated carbocycles. The Bertz CT molecular complexity index is 973. The van der Waals surface area contributed by atoms with E-state index in [4.69, 9.17) is 9.90 Å². The van der Waals surface area contributed by atoms with Crippen molar-refractivity contribution in [3.63, 3.8) is 0 Å². The lowest BCUT2D eigenvalue weighted by Gasteiger charge is -2.31. The second kappa shape index (κ2) is 18.0. The fraction of sp³-hybridized carbons (Fsp3) is 0.600. The topological polar surface area (TPSA) is 119 Å². The van der Waals surface area contributed by atoms with Gasteiger partial charge >= 0.3 is 18.3 Å². The van der Waals surface area contributed by atoms with Crippen LogP contribution in [-0.4, -0.2) is 115 Å². The minimum absolute atomic E-state index is 0.145. The average Bonchev–Trinajstić information content (AvgIpc) is 2.88. The molecule has 16 heteroatoms. The lowest BCUT2D eigenvalue weighted by atomic mass is 10.1. The summed E-state index contributed by atoms with van der Waals surface area (Å²) < 4.78 is 68.7. The lowest BCUT2D eigenvalue weighted by molar-refractivity contribution is -0.192. The Morgan fingerprint density at radius 3 is 2.10 bits per heavy atom. The number of thioether (sulfide) groups is 1. The largest absolute Gasteiger partial charge is 0.490 e. The molecule has 9 nitrogen and oxygen atoms in total. The van der Waals surface area contributed by atoms with E-state index >= 15 is 0 Å². The molecule has 1 aliphatic rings. The monoisotopic (exact) mass is 616 g/mol. The Hall–Kier alpha value is -2.69. The van der Waals surface area contributed by atoms with Gasteiger partial charge in [0.05, 0.1) is 18.3 Å². The van der Waals surface area contributed by atoms with E-state index in [1.165, 1.54) is 0 Å². The van der Waals surface area contributed by atoms with Crippen LogP contribution in [0.1, 0.15) is 18.4 Å². The van der Waals surface area contributed by atoms with E-state index in [1.54, 1.807) is 0 Å². The van der Waals surface area contributed by atoms with Crippen LogP contribution >= 0.6 is 11.8 Å². The van der Waals surface area contributed by atoms with Crippen molar-refractivity contribution >= 4 is 35.3 Å². The van der Waals surface area contributed by atoms with Crippen molar-refractivity contribution in [2.24, 2.45) is 0 Å². The second-order valence-electron chi connectivity index (χ2n) is 9.15. The number of carboxylic acids is 1. The van der Waals surface area contributed by atoms with Crippen LogP contribution in [0.25, 0.3) is 0 Å². The summed E-state index contributed by atoms with van der Waals surface area (Å²) in [5.74, 6) is -5.65. The molecule has 0 bridgehead atoms. The van der Waals surface area contributed by atoms with E-state index in [0.717, 1.165) is 43.5 Å². The van der Waals surface area contributed by atoms with Crippen LogP contribution < -0.4 is 10.6 Å². The zero-order valence-corrected chi connectivity index (χ0v) is 23.2. The van der Waals surface area contributed by atoms with E-state index in [2.05, 4.69) is 15.5 Å². The zero-order chi connectivity index (χ0) is 31.1. The minimum atomic E-state index is -5.08. The first-order chi connectivity index (χ1) is 19.1. The van der Waals surface area contributed by atoms with Crippen LogP contribution in [-0.2, 0) is 25.6 Å². The van der Waals surface area contributed by atoms with Gasteiger partial charge in [-0.1, -0.05) is 30.3 Å². The van der Waals surface area contributed by atoms with Gasteiger partial charge in [-0.15, -0.1) is 0 Å². The highest BCUT2D eigenvalue weighted by Gasteiger charge is 2.38. The molecule has 0 aliphatic carbocycles. The predicted molar refractivity (Wildman–Crippen MR) is 140 cm³/mol. The number of nitrogens with one attached hydrogen (secondary N) is 2. The van der Waals surface area contributed by atoms with Crippen molar-refractivity contribution in [2.75, 3.05) is 57.8 Å². The number of hydrogen-bond donors (Lipinski definition) is 3. The van der Waals surface area contributed by atoms with Gasteiger partial charge in [-0.2, -0.15) is 38.1 Å². The summed E-state index contributed by atoms with van der Waals surface area (Å²) in [6, 6.07) is 9.07. The van der Waals surface area contributed by atoms with E-state index in [0.29, 0.717) is 31.6 Å². The van der Waals surface area contributed by atoms with Gasteiger partial charge in [-0.3, -0.25) is 24.6 Å². The van der Waals surface area contributed by atoms with Crippen molar-refractivity contribution < 1.29 is 50.6 Å².